The van der Waals surface area contributed by atoms with E-state index < -0.39 is 11.6 Å². The van der Waals surface area contributed by atoms with Gasteiger partial charge in [0.2, 0.25) is 0 Å². The van der Waals surface area contributed by atoms with E-state index in [2.05, 4.69) is 5.32 Å². The Kier molecular flexibility index (Phi) is 4.14. The van der Waals surface area contributed by atoms with Gasteiger partial charge in [-0.15, -0.1) is 0 Å². The van der Waals surface area contributed by atoms with Crippen molar-refractivity contribution < 1.29 is 13.6 Å². The minimum atomic E-state index is -1.06. The molecule has 2 rings (SSSR count). The van der Waals surface area contributed by atoms with Crippen LogP contribution in [0.3, 0.4) is 0 Å². The van der Waals surface area contributed by atoms with Crippen molar-refractivity contribution in [3.05, 3.63) is 34.4 Å². The molecule has 0 saturated carbocycles. The number of amides is 1. The molecular weight excluding hydrogens is 262 g/mol. The maximum Gasteiger partial charge on any atom is 0.255 e. The number of rotatable bonds is 1. The van der Waals surface area contributed by atoms with Crippen LogP contribution in [0, 0.1) is 11.6 Å². The predicted molar refractivity (Wildman–Crippen MR) is 64.8 cm³/mol. The van der Waals surface area contributed by atoms with Crippen molar-refractivity contribution in [2.45, 2.75) is 6.42 Å². The molecule has 1 aliphatic rings. The molecule has 1 aromatic rings. The van der Waals surface area contributed by atoms with Gasteiger partial charge in [0.15, 0.2) is 11.6 Å². The van der Waals surface area contributed by atoms with Crippen molar-refractivity contribution in [2.75, 3.05) is 26.2 Å². The zero-order chi connectivity index (χ0) is 13.1. The van der Waals surface area contributed by atoms with Crippen LogP contribution >= 0.6 is 11.6 Å². The number of benzene rings is 1. The first-order chi connectivity index (χ1) is 8.59. The fourth-order valence-corrected chi connectivity index (χ4v) is 2.14. The Bertz CT molecular complexity index is 460. The summed E-state index contributed by atoms with van der Waals surface area (Å²) >= 11 is 5.79. The fraction of sp³-hybridized carbons (Fsp3) is 0.417. The molecule has 0 radical (unpaired) electrons. The molecule has 1 heterocycles. The van der Waals surface area contributed by atoms with Gasteiger partial charge in [-0.05, 0) is 25.1 Å². The highest BCUT2D eigenvalue weighted by Crippen LogP contribution is 2.21. The van der Waals surface area contributed by atoms with E-state index in [4.69, 9.17) is 11.6 Å². The number of hydrogen-bond acceptors (Lipinski definition) is 2. The SMILES string of the molecule is O=C(c1cc(F)c(F)cc1Cl)N1CCCNCC1. The van der Waals surface area contributed by atoms with Crippen molar-refractivity contribution >= 4 is 17.5 Å². The molecule has 1 fully saturated rings. The van der Waals surface area contributed by atoms with Gasteiger partial charge in [-0.1, -0.05) is 11.6 Å². The molecule has 1 aliphatic heterocycles. The topological polar surface area (TPSA) is 32.3 Å². The molecule has 0 bridgehead atoms. The van der Waals surface area contributed by atoms with Gasteiger partial charge in [0.05, 0.1) is 10.6 Å². The fourth-order valence-electron chi connectivity index (χ4n) is 1.91. The van der Waals surface area contributed by atoms with Gasteiger partial charge in [0.1, 0.15) is 0 Å². The van der Waals surface area contributed by atoms with E-state index in [0.717, 1.165) is 25.1 Å². The quantitative estimate of drug-likeness (QED) is 0.795. The van der Waals surface area contributed by atoms with Gasteiger partial charge in [-0.2, -0.15) is 0 Å². The van der Waals surface area contributed by atoms with Crippen LogP contribution in [0.2, 0.25) is 5.02 Å². The van der Waals surface area contributed by atoms with Gasteiger partial charge in [-0.3, -0.25) is 4.79 Å². The Balaban J connectivity index is 2.24. The number of carbonyl (C=O) groups excluding carboxylic acids is 1. The minimum absolute atomic E-state index is 0.0115. The van der Waals surface area contributed by atoms with Gasteiger partial charge < -0.3 is 10.2 Å². The summed E-state index contributed by atoms with van der Waals surface area (Å²) < 4.78 is 26.1. The molecular formula is C12H13ClF2N2O. The third-order valence-corrected chi connectivity index (χ3v) is 3.18. The molecule has 1 amide bonds. The largest absolute Gasteiger partial charge is 0.337 e. The first kappa shape index (κ1) is 13.2. The summed E-state index contributed by atoms with van der Waals surface area (Å²) in [5.74, 6) is -2.47. The van der Waals surface area contributed by atoms with Crippen molar-refractivity contribution in [3.8, 4) is 0 Å². The van der Waals surface area contributed by atoms with Crippen molar-refractivity contribution in [1.29, 1.82) is 0 Å². The molecule has 0 aliphatic carbocycles. The second-order valence-electron chi connectivity index (χ2n) is 4.14. The molecule has 18 heavy (non-hydrogen) atoms. The van der Waals surface area contributed by atoms with Crippen molar-refractivity contribution in [2.24, 2.45) is 0 Å². The lowest BCUT2D eigenvalue weighted by Gasteiger charge is -2.20. The van der Waals surface area contributed by atoms with E-state index >= 15 is 0 Å². The van der Waals surface area contributed by atoms with Crippen molar-refractivity contribution in [3.63, 3.8) is 0 Å². The summed E-state index contributed by atoms with van der Waals surface area (Å²) in [6.45, 7) is 2.65. The van der Waals surface area contributed by atoms with Crippen molar-refractivity contribution in [1.82, 2.24) is 10.2 Å². The van der Waals surface area contributed by atoms with Gasteiger partial charge >= 0.3 is 0 Å². The summed E-state index contributed by atoms with van der Waals surface area (Å²) in [5, 5.41) is 3.10. The number of hydrogen-bond donors (Lipinski definition) is 1. The van der Waals surface area contributed by atoms with E-state index in [1.807, 2.05) is 0 Å². The molecule has 0 spiro atoms. The van der Waals surface area contributed by atoms with Gasteiger partial charge in [-0.25, -0.2) is 8.78 Å². The number of halogens is 3. The highest BCUT2D eigenvalue weighted by molar-refractivity contribution is 6.33. The summed E-state index contributed by atoms with van der Waals surface area (Å²) in [6, 6.07) is 1.69. The molecule has 1 N–H and O–H groups in total. The monoisotopic (exact) mass is 274 g/mol. The second kappa shape index (κ2) is 5.63. The average Bonchev–Trinajstić information content (AvgIpc) is 2.61. The zero-order valence-corrected chi connectivity index (χ0v) is 10.4. The lowest BCUT2D eigenvalue weighted by atomic mass is 10.1. The lowest BCUT2D eigenvalue weighted by molar-refractivity contribution is 0.0766. The maximum atomic E-state index is 13.2. The van der Waals surface area contributed by atoms with E-state index in [1.165, 1.54) is 0 Å². The summed E-state index contributed by atoms with van der Waals surface area (Å²) in [4.78, 5) is 13.8. The molecule has 0 aromatic heterocycles. The van der Waals surface area contributed by atoms with Crippen LogP contribution in [0.1, 0.15) is 16.8 Å². The third kappa shape index (κ3) is 2.79. The molecule has 0 atom stereocenters. The highest BCUT2D eigenvalue weighted by atomic mass is 35.5. The van der Waals surface area contributed by atoms with Crippen LogP contribution in [-0.4, -0.2) is 37.0 Å². The molecule has 1 aromatic carbocycles. The van der Waals surface area contributed by atoms with Crippen LogP contribution in [0.15, 0.2) is 12.1 Å². The second-order valence-corrected chi connectivity index (χ2v) is 4.55. The first-order valence-electron chi connectivity index (χ1n) is 5.74. The van der Waals surface area contributed by atoms with Gasteiger partial charge in [0.25, 0.3) is 5.91 Å². The maximum absolute atomic E-state index is 13.2. The highest BCUT2D eigenvalue weighted by Gasteiger charge is 2.21. The summed E-state index contributed by atoms with van der Waals surface area (Å²) in [6.07, 6.45) is 0.826. The lowest BCUT2D eigenvalue weighted by Crippen LogP contribution is -2.34. The van der Waals surface area contributed by atoms with Crippen LogP contribution in [0.5, 0.6) is 0 Å². The Labute approximate surface area is 109 Å². The van der Waals surface area contributed by atoms with Gasteiger partial charge in [0, 0.05) is 19.6 Å². The van der Waals surface area contributed by atoms with E-state index in [1.54, 1.807) is 4.90 Å². The van der Waals surface area contributed by atoms with E-state index in [-0.39, 0.29) is 16.5 Å². The van der Waals surface area contributed by atoms with Crippen LogP contribution in [0.4, 0.5) is 8.78 Å². The molecule has 98 valence electrons. The smallest absolute Gasteiger partial charge is 0.255 e. The predicted octanol–water partition coefficient (Wildman–Crippen LogP) is 2.05. The summed E-state index contributed by atoms with van der Waals surface area (Å²) in [7, 11) is 0. The first-order valence-corrected chi connectivity index (χ1v) is 6.12. The van der Waals surface area contributed by atoms with E-state index in [9.17, 15) is 13.6 Å². The standard InChI is InChI=1S/C12H13ClF2N2O/c13-9-7-11(15)10(14)6-8(9)12(18)17-4-1-2-16-3-5-17/h6-7,16H,1-5H2. The Morgan fingerprint density at radius 2 is 1.94 bits per heavy atom. The molecule has 1 saturated heterocycles. The third-order valence-electron chi connectivity index (χ3n) is 2.87. The van der Waals surface area contributed by atoms with Crippen LogP contribution in [-0.2, 0) is 0 Å². The number of carbonyl (C=O) groups is 1. The van der Waals surface area contributed by atoms with Crippen LogP contribution < -0.4 is 5.32 Å². The zero-order valence-electron chi connectivity index (χ0n) is 9.68. The normalized spacial score (nSPS) is 16.5. The Morgan fingerprint density at radius 1 is 1.22 bits per heavy atom. The molecule has 6 heteroatoms. The Morgan fingerprint density at radius 3 is 2.72 bits per heavy atom. The Hall–Kier alpha value is -1.20. The number of nitrogens with zero attached hydrogens (tertiary/aromatic N) is 1. The van der Waals surface area contributed by atoms with Crippen LogP contribution in [0.25, 0.3) is 0 Å². The minimum Gasteiger partial charge on any atom is -0.337 e. The molecule has 0 unspecified atom stereocenters. The summed E-state index contributed by atoms with van der Waals surface area (Å²) in [5.41, 5.74) is 0.0115. The molecule has 3 nitrogen and oxygen atoms in total. The average molecular weight is 275 g/mol. The van der Waals surface area contributed by atoms with E-state index in [0.29, 0.717) is 19.6 Å². The number of nitrogens with one attached hydrogen (secondary N) is 1.